The Balaban J connectivity index is 1.38. The Hall–Kier alpha value is -2.80. The van der Waals surface area contributed by atoms with Crippen molar-refractivity contribution in [2.75, 3.05) is 37.6 Å². The summed E-state index contributed by atoms with van der Waals surface area (Å²) in [6, 6.07) is 13.0. The summed E-state index contributed by atoms with van der Waals surface area (Å²) in [5.74, 6) is -0.242. The summed E-state index contributed by atoms with van der Waals surface area (Å²) in [7, 11) is 0. The molecule has 3 rings (SSSR count). The van der Waals surface area contributed by atoms with Gasteiger partial charge < -0.3 is 20.4 Å². The van der Waals surface area contributed by atoms with Crippen LogP contribution in [0.5, 0.6) is 0 Å². The summed E-state index contributed by atoms with van der Waals surface area (Å²) < 4.78 is 0. The molecule has 8 heteroatoms. The average molecular weight is 388 g/mol. The number of nitrogens with zero attached hydrogens (tertiary/aromatic N) is 3. The highest BCUT2D eigenvalue weighted by atomic mass is 35.5. The van der Waals surface area contributed by atoms with E-state index in [0.717, 1.165) is 24.5 Å². The number of piperazine rings is 1. The molecule has 1 fully saturated rings. The van der Waals surface area contributed by atoms with Crippen molar-refractivity contribution in [2.24, 2.45) is 0 Å². The third-order valence-electron chi connectivity index (χ3n) is 4.35. The lowest BCUT2D eigenvalue weighted by molar-refractivity contribution is -0.120. The van der Waals surface area contributed by atoms with Gasteiger partial charge in [-0.25, -0.2) is 4.79 Å². The molecule has 2 heterocycles. The predicted octanol–water partition coefficient (Wildman–Crippen LogP) is 1.88. The van der Waals surface area contributed by atoms with Crippen LogP contribution in [-0.4, -0.2) is 54.5 Å². The Morgan fingerprint density at radius 3 is 2.41 bits per heavy atom. The van der Waals surface area contributed by atoms with Crippen LogP contribution < -0.4 is 15.5 Å². The van der Waals surface area contributed by atoms with Gasteiger partial charge in [0.25, 0.3) is 0 Å². The number of aromatic nitrogens is 1. The van der Waals surface area contributed by atoms with Crippen molar-refractivity contribution >= 4 is 29.2 Å². The fourth-order valence-electron chi connectivity index (χ4n) is 2.84. The SMILES string of the molecule is O=C(CNC(=O)N1CCN(c2ccc(Cl)cc2)CC1)NCc1ccccn1. The van der Waals surface area contributed by atoms with Gasteiger partial charge in [-0.1, -0.05) is 17.7 Å². The highest BCUT2D eigenvalue weighted by molar-refractivity contribution is 6.30. The van der Waals surface area contributed by atoms with Gasteiger partial charge in [-0.05, 0) is 36.4 Å². The van der Waals surface area contributed by atoms with E-state index in [4.69, 9.17) is 11.6 Å². The molecule has 0 unspecified atom stereocenters. The van der Waals surface area contributed by atoms with E-state index in [1.54, 1.807) is 11.1 Å². The molecule has 3 amide bonds. The van der Waals surface area contributed by atoms with Crippen molar-refractivity contribution in [3.05, 3.63) is 59.4 Å². The number of nitrogens with one attached hydrogen (secondary N) is 2. The summed E-state index contributed by atoms with van der Waals surface area (Å²) in [4.78, 5) is 32.2. The fourth-order valence-corrected chi connectivity index (χ4v) is 2.97. The second kappa shape index (κ2) is 9.23. The molecule has 0 atom stereocenters. The Morgan fingerprint density at radius 2 is 1.74 bits per heavy atom. The molecule has 2 aromatic rings. The van der Waals surface area contributed by atoms with Crippen LogP contribution in [0.3, 0.4) is 0 Å². The molecule has 0 radical (unpaired) electrons. The molecule has 1 saturated heterocycles. The number of carbonyl (C=O) groups is 2. The number of benzene rings is 1. The molecule has 0 bridgehead atoms. The zero-order chi connectivity index (χ0) is 19.1. The first kappa shape index (κ1) is 19.0. The molecular weight excluding hydrogens is 366 g/mol. The molecular formula is C19H22ClN5O2. The largest absolute Gasteiger partial charge is 0.368 e. The maximum absolute atomic E-state index is 12.3. The first-order valence-electron chi connectivity index (χ1n) is 8.82. The second-order valence-corrected chi connectivity index (χ2v) is 6.64. The zero-order valence-corrected chi connectivity index (χ0v) is 15.7. The number of rotatable bonds is 5. The van der Waals surface area contributed by atoms with Crippen molar-refractivity contribution in [3.63, 3.8) is 0 Å². The normalized spacial score (nSPS) is 14.0. The van der Waals surface area contributed by atoms with Crippen LogP contribution in [0.15, 0.2) is 48.7 Å². The maximum Gasteiger partial charge on any atom is 0.317 e. The number of pyridine rings is 1. The van der Waals surface area contributed by atoms with E-state index < -0.39 is 0 Å². The Labute approximate surface area is 163 Å². The van der Waals surface area contributed by atoms with Crippen molar-refractivity contribution < 1.29 is 9.59 Å². The third kappa shape index (κ3) is 5.59. The highest BCUT2D eigenvalue weighted by Gasteiger charge is 2.21. The zero-order valence-electron chi connectivity index (χ0n) is 14.9. The minimum Gasteiger partial charge on any atom is -0.368 e. The van der Waals surface area contributed by atoms with Gasteiger partial charge in [-0.15, -0.1) is 0 Å². The quantitative estimate of drug-likeness (QED) is 0.821. The first-order chi connectivity index (χ1) is 13.1. The van der Waals surface area contributed by atoms with E-state index in [-0.39, 0.29) is 18.5 Å². The number of anilines is 1. The number of carbonyl (C=O) groups excluding carboxylic acids is 2. The summed E-state index contributed by atoms with van der Waals surface area (Å²) in [6.45, 7) is 2.97. The molecule has 1 aliphatic heterocycles. The number of hydrogen-bond acceptors (Lipinski definition) is 4. The number of hydrogen-bond donors (Lipinski definition) is 2. The third-order valence-corrected chi connectivity index (χ3v) is 4.60. The van der Waals surface area contributed by atoms with Crippen LogP contribution in [0.4, 0.5) is 10.5 Å². The van der Waals surface area contributed by atoms with E-state index in [2.05, 4.69) is 20.5 Å². The van der Waals surface area contributed by atoms with E-state index in [1.807, 2.05) is 42.5 Å². The predicted molar refractivity (Wildman–Crippen MR) is 105 cm³/mol. The summed E-state index contributed by atoms with van der Waals surface area (Å²) in [5, 5.41) is 6.11. The smallest absolute Gasteiger partial charge is 0.317 e. The number of halogens is 1. The lowest BCUT2D eigenvalue weighted by Gasteiger charge is -2.36. The van der Waals surface area contributed by atoms with Crippen LogP contribution in [0.1, 0.15) is 5.69 Å². The van der Waals surface area contributed by atoms with Gasteiger partial charge >= 0.3 is 6.03 Å². The molecule has 7 nitrogen and oxygen atoms in total. The monoisotopic (exact) mass is 387 g/mol. The van der Waals surface area contributed by atoms with E-state index in [1.165, 1.54) is 0 Å². The van der Waals surface area contributed by atoms with Crippen LogP contribution in [0, 0.1) is 0 Å². The van der Waals surface area contributed by atoms with Crippen molar-refractivity contribution in [3.8, 4) is 0 Å². The molecule has 0 spiro atoms. The van der Waals surface area contributed by atoms with Crippen molar-refractivity contribution in [2.45, 2.75) is 6.54 Å². The molecule has 0 aliphatic carbocycles. The molecule has 1 aromatic heterocycles. The standard InChI is InChI=1S/C19H22ClN5O2/c20-15-4-6-17(7-5-15)24-9-11-25(12-10-24)19(27)23-14-18(26)22-13-16-3-1-2-8-21-16/h1-8H,9-14H2,(H,22,26)(H,23,27). The lowest BCUT2D eigenvalue weighted by Crippen LogP contribution is -2.53. The lowest BCUT2D eigenvalue weighted by atomic mass is 10.2. The van der Waals surface area contributed by atoms with Crippen molar-refractivity contribution in [1.29, 1.82) is 0 Å². The van der Waals surface area contributed by atoms with E-state index in [9.17, 15) is 9.59 Å². The van der Waals surface area contributed by atoms with Crippen LogP contribution in [0.2, 0.25) is 5.02 Å². The maximum atomic E-state index is 12.3. The Morgan fingerprint density at radius 1 is 1.00 bits per heavy atom. The Bertz CT molecular complexity index is 761. The van der Waals surface area contributed by atoms with Gasteiger partial charge in [-0.3, -0.25) is 9.78 Å². The molecule has 1 aromatic carbocycles. The number of amides is 3. The summed E-state index contributed by atoms with van der Waals surface area (Å²) in [6.07, 6.45) is 1.67. The first-order valence-corrected chi connectivity index (χ1v) is 9.19. The number of urea groups is 1. The molecule has 142 valence electrons. The second-order valence-electron chi connectivity index (χ2n) is 6.21. The van der Waals surface area contributed by atoms with Gasteiger partial charge in [0.2, 0.25) is 5.91 Å². The molecule has 27 heavy (non-hydrogen) atoms. The topological polar surface area (TPSA) is 77.6 Å². The molecule has 2 N–H and O–H groups in total. The average Bonchev–Trinajstić information content (AvgIpc) is 2.72. The van der Waals surface area contributed by atoms with Gasteiger partial charge in [0.15, 0.2) is 0 Å². The van der Waals surface area contributed by atoms with Gasteiger partial charge in [0.1, 0.15) is 0 Å². The van der Waals surface area contributed by atoms with Gasteiger partial charge in [0.05, 0.1) is 18.8 Å². The molecule has 1 aliphatic rings. The highest BCUT2D eigenvalue weighted by Crippen LogP contribution is 2.19. The molecule has 0 saturated carbocycles. The van der Waals surface area contributed by atoms with Crippen molar-refractivity contribution in [1.82, 2.24) is 20.5 Å². The van der Waals surface area contributed by atoms with Crippen LogP contribution >= 0.6 is 11.6 Å². The van der Waals surface area contributed by atoms with Gasteiger partial charge in [-0.2, -0.15) is 0 Å². The van der Waals surface area contributed by atoms with E-state index >= 15 is 0 Å². The van der Waals surface area contributed by atoms with Crippen LogP contribution in [0.25, 0.3) is 0 Å². The van der Waals surface area contributed by atoms with E-state index in [0.29, 0.717) is 24.7 Å². The summed E-state index contributed by atoms with van der Waals surface area (Å²) >= 11 is 5.92. The summed E-state index contributed by atoms with van der Waals surface area (Å²) in [5.41, 5.74) is 1.86. The van der Waals surface area contributed by atoms with Crippen LogP contribution in [-0.2, 0) is 11.3 Å². The van der Waals surface area contributed by atoms with Gasteiger partial charge in [0, 0.05) is 43.1 Å². The minimum absolute atomic E-state index is 0.0525. The fraction of sp³-hybridized carbons (Fsp3) is 0.316. The Kier molecular flexibility index (Phi) is 6.49. The minimum atomic E-state index is -0.242.